The molecule has 2 aromatic rings. The van der Waals surface area contributed by atoms with Crippen molar-refractivity contribution in [3.63, 3.8) is 0 Å². The van der Waals surface area contributed by atoms with Gasteiger partial charge in [0, 0.05) is 5.56 Å². The molecule has 0 amide bonds. The lowest BCUT2D eigenvalue weighted by Gasteiger charge is -2.29. The van der Waals surface area contributed by atoms with Gasteiger partial charge in [-0.05, 0) is 110 Å². The van der Waals surface area contributed by atoms with Crippen LogP contribution in [0.25, 0.3) is 5.57 Å². The quantitative estimate of drug-likeness (QED) is 0.362. The van der Waals surface area contributed by atoms with Gasteiger partial charge in [-0.3, -0.25) is 0 Å². The minimum Gasteiger partial charge on any atom is -0.207 e. The Hall–Kier alpha value is -2.03. The summed E-state index contributed by atoms with van der Waals surface area (Å²) in [5.74, 6) is 0.0371. The van der Waals surface area contributed by atoms with Gasteiger partial charge in [0.15, 0.2) is 11.6 Å². The van der Waals surface area contributed by atoms with Crippen LogP contribution in [0.15, 0.2) is 36.4 Å². The Kier molecular flexibility index (Phi) is 8.55. The average molecular weight is 469 g/mol. The number of aryl methyl sites for hydroxylation is 2. The Labute approximate surface area is 203 Å². The van der Waals surface area contributed by atoms with Crippen molar-refractivity contribution in [1.82, 2.24) is 0 Å². The number of benzene rings is 2. The minimum atomic E-state index is -0.674. The molecular weight excluding hydrogens is 429 g/mol. The molecule has 1 atom stereocenters. The molecule has 3 heteroatoms. The molecule has 0 nitrogen and oxygen atoms in total. The summed E-state index contributed by atoms with van der Waals surface area (Å²) in [5.41, 5.74) is 3.79. The highest BCUT2D eigenvalue weighted by molar-refractivity contribution is 5.67. The third kappa shape index (κ3) is 5.78. The third-order valence-corrected chi connectivity index (χ3v) is 8.31. The van der Waals surface area contributed by atoms with Gasteiger partial charge < -0.3 is 0 Å². The van der Waals surface area contributed by atoms with E-state index in [-0.39, 0.29) is 11.7 Å². The summed E-state index contributed by atoms with van der Waals surface area (Å²) in [6.07, 6.45) is 13.6. The molecule has 0 N–H and O–H groups in total. The summed E-state index contributed by atoms with van der Waals surface area (Å²) in [6.45, 7) is 4.24. The minimum absolute atomic E-state index is 0.0746. The summed E-state index contributed by atoms with van der Waals surface area (Å²) in [4.78, 5) is 0. The highest BCUT2D eigenvalue weighted by Gasteiger charge is 2.25. The molecule has 0 saturated heterocycles. The van der Waals surface area contributed by atoms with E-state index in [1.807, 2.05) is 19.1 Å². The van der Waals surface area contributed by atoms with E-state index in [0.29, 0.717) is 29.4 Å². The van der Waals surface area contributed by atoms with Gasteiger partial charge in [-0.1, -0.05) is 57.0 Å². The van der Waals surface area contributed by atoms with E-state index in [0.717, 1.165) is 74.5 Å². The van der Waals surface area contributed by atoms with Gasteiger partial charge in [-0.2, -0.15) is 0 Å². The molecule has 1 saturated carbocycles. The molecule has 2 aliphatic rings. The fourth-order valence-electron chi connectivity index (χ4n) is 6.08. The van der Waals surface area contributed by atoms with Crippen LogP contribution in [0.2, 0.25) is 0 Å². The lowest BCUT2D eigenvalue weighted by molar-refractivity contribution is 0.305. The first-order valence-corrected chi connectivity index (χ1v) is 13.4. The van der Waals surface area contributed by atoms with E-state index < -0.39 is 11.6 Å². The smallest absolute Gasteiger partial charge is 0.166 e. The molecule has 2 aromatic carbocycles. The van der Waals surface area contributed by atoms with Crippen LogP contribution in [0.1, 0.15) is 106 Å². The van der Waals surface area contributed by atoms with E-state index in [1.165, 1.54) is 12.8 Å². The molecular formula is C31H39F3. The molecule has 4 rings (SSSR count). The van der Waals surface area contributed by atoms with Crippen LogP contribution in [0, 0.1) is 29.3 Å². The molecule has 34 heavy (non-hydrogen) atoms. The Morgan fingerprint density at radius 2 is 1.62 bits per heavy atom. The van der Waals surface area contributed by atoms with Gasteiger partial charge in [0.05, 0.1) is 0 Å². The molecule has 0 bridgehead atoms. The van der Waals surface area contributed by atoms with Crippen molar-refractivity contribution in [2.45, 2.75) is 96.8 Å². The van der Waals surface area contributed by atoms with E-state index in [1.54, 1.807) is 18.2 Å². The molecule has 1 fully saturated rings. The fourth-order valence-corrected chi connectivity index (χ4v) is 6.08. The Morgan fingerprint density at radius 1 is 0.824 bits per heavy atom. The third-order valence-electron chi connectivity index (χ3n) is 8.31. The highest BCUT2D eigenvalue weighted by atomic mass is 19.2. The van der Waals surface area contributed by atoms with Crippen molar-refractivity contribution in [3.05, 3.63) is 76.1 Å². The van der Waals surface area contributed by atoms with Gasteiger partial charge in [-0.15, -0.1) is 0 Å². The summed E-state index contributed by atoms with van der Waals surface area (Å²) in [5, 5.41) is 0. The SMILES string of the molecule is CCCC1CC=C(c2ccc(CCC3CCC(c4ccc(CC)cc4F)CC3)c(F)c2F)CC1. The normalized spacial score (nSPS) is 23.1. The number of halogens is 3. The lowest BCUT2D eigenvalue weighted by atomic mass is 9.76. The Morgan fingerprint density at radius 3 is 2.26 bits per heavy atom. The average Bonchev–Trinajstić information content (AvgIpc) is 2.86. The predicted molar refractivity (Wildman–Crippen MR) is 135 cm³/mol. The van der Waals surface area contributed by atoms with Gasteiger partial charge in [-0.25, -0.2) is 13.2 Å². The fraction of sp³-hybridized carbons (Fsp3) is 0.548. The first kappa shape index (κ1) is 25.1. The van der Waals surface area contributed by atoms with Crippen molar-refractivity contribution < 1.29 is 13.2 Å². The van der Waals surface area contributed by atoms with Crippen molar-refractivity contribution in [2.75, 3.05) is 0 Å². The summed E-state index contributed by atoms with van der Waals surface area (Å²) in [7, 11) is 0. The van der Waals surface area contributed by atoms with Gasteiger partial charge in [0.25, 0.3) is 0 Å². The first-order chi connectivity index (χ1) is 16.5. The van der Waals surface area contributed by atoms with Crippen LogP contribution < -0.4 is 0 Å². The topological polar surface area (TPSA) is 0 Å². The molecule has 2 aliphatic carbocycles. The van der Waals surface area contributed by atoms with Gasteiger partial charge in [0.1, 0.15) is 5.82 Å². The summed E-state index contributed by atoms with van der Waals surface area (Å²) >= 11 is 0. The van der Waals surface area contributed by atoms with Crippen molar-refractivity contribution in [1.29, 1.82) is 0 Å². The second kappa shape index (κ2) is 11.6. The zero-order valence-corrected chi connectivity index (χ0v) is 20.8. The van der Waals surface area contributed by atoms with Crippen LogP contribution in [0.4, 0.5) is 13.2 Å². The maximum Gasteiger partial charge on any atom is 0.166 e. The molecule has 184 valence electrons. The zero-order chi connectivity index (χ0) is 24.1. The lowest BCUT2D eigenvalue weighted by Crippen LogP contribution is -2.15. The standard InChI is InChI=1S/C31H39F3/c1-3-5-22-6-14-25(15-7-22)28-19-17-26(30(33)31(28)34)16-10-23-8-12-24(13-9-23)27-18-11-21(4-2)20-29(27)32/h11,14,17-20,22-24H,3-10,12-13,15-16H2,1-2H3. The van der Waals surface area contributed by atoms with E-state index in [4.69, 9.17) is 0 Å². The number of hydrogen-bond acceptors (Lipinski definition) is 0. The van der Waals surface area contributed by atoms with E-state index in [2.05, 4.69) is 13.0 Å². The number of rotatable bonds is 8. The number of hydrogen-bond donors (Lipinski definition) is 0. The van der Waals surface area contributed by atoms with Crippen LogP contribution in [-0.2, 0) is 12.8 Å². The second-order valence-corrected chi connectivity index (χ2v) is 10.5. The maximum atomic E-state index is 14.9. The largest absolute Gasteiger partial charge is 0.207 e. The molecule has 0 heterocycles. The second-order valence-electron chi connectivity index (χ2n) is 10.5. The van der Waals surface area contributed by atoms with Gasteiger partial charge in [0.2, 0.25) is 0 Å². The van der Waals surface area contributed by atoms with Crippen LogP contribution in [-0.4, -0.2) is 0 Å². The van der Waals surface area contributed by atoms with E-state index >= 15 is 0 Å². The first-order valence-electron chi connectivity index (χ1n) is 13.4. The molecule has 0 radical (unpaired) electrons. The van der Waals surface area contributed by atoms with Gasteiger partial charge >= 0.3 is 0 Å². The van der Waals surface area contributed by atoms with E-state index in [9.17, 15) is 13.2 Å². The predicted octanol–water partition coefficient (Wildman–Crippen LogP) is 9.56. The molecule has 0 aromatic heterocycles. The van der Waals surface area contributed by atoms with Crippen molar-refractivity contribution in [3.8, 4) is 0 Å². The summed E-state index contributed by atoms with van der Waals surface area (Å²) < 4.78 is 44.4. The monoisotopic (exact) mass is 468 g/mol. The van der Waals surface area contributed by atoms with Crippen LogP contribution in [0.5, 0.6) is 0 Å². The van der Waals surface area contributed by atoms with Crippen LogP contribution in [0.3, 0.4) is 0 Å². The maximum absolute atomic E-state index is 14.9. The zero-order valence-electron chi connectivity index (χ0n) is 20.8. The van der Waals surface area contributed by atoms with Crippen molar-refractivity contribution >= 4 is 5.57 Å². The van der Waals surface area contributed by atoms with Crippen molar-refractivity contribution in [2.24, 2.45) is 11.8 Å². The molecule has 1 unspecified atom stereocenters. The molecule has 0 aliphatic heterocycles. The Balaban J connectivity index is 1.32. The molecule has 0 spiro atoms. The highest BCUT2D eigenvalue weighted by Crippen LogP contribution is 2.39. The Bertz CT molecular complexity index is 998. The van der Waals surface area contributed by atoms with Crippen LogP contribution >= 0.6 is 0 Å². The number of allylic oxidation sites excluding steroid dienone is 2. The summed E-state index contributed by atoms with van der Waals surface area (Å²) in [6, 6.07) is 9.26.